The number of rotatable bonds is 5. The quantitative estimate of drug-likeness (QED) is 0.842. The molecule has 2 fully saturated rings. The van der Waals surface area contributed by atoms with Crippen LogP contribution in [0.4, 0.5) is 0 Å². The number of nitrogens with zero attached hydrogens (tertiary/aromatic N) is 2. The summed E-state index contributed by atoms with van der Waals surface area (Å²) in [6.45, 7) is 3.77. The Balaban J connectivity index is 0.00000117. The van der Waals surface area contributed by atoms with Crippen molar-refractivity contribution in [2.45, 2.75) is 44.7 Å². The third-order valence-corrected chi connectivity index (χ3v) is 6.17. The molecule has 1 amide bonds. The minimum Gasteiger partial charge on any atom is -0.341 e. The molecule has 0 bridgehead atoms. The van der Waals surface area contributed by atoms with Gasteiger partial charge in [-0.25, -0.2) is 0 Å². The molecular weight excluding hydrogens is 358 g/mol. The largest absolute Gasteiger partial charge is 0.341 e. The van der Waals surface area contributed by atoms with Crippen molar-refractivity contribution in [2.75, 3.05) is 26.7 Å². The molecule has 0 spiro atoms. The van der Waals surface area contributed by atoms with Gasteiger partial charge in [0.1, 0.15) is 0 Å². The summed E-state index contributed by atoms with van der Waals surface area (Å²) in [6, 6.07) is 21.4. The molecule has 29 heavy (non-hydrogen) atoms. The number of carbonyl (C=O) groups excluding carboxylic acids is 1. The molecule has 0 radical (unpaired) electrons. The second-order valence-electron chi connectivity index (χ2n) is 8.07. The van der Waals surface area contributed by atoms with Crippen LogP contribution in [0.3, 0.4) is 0 Å². The van der Waals surface area contributed by atoms with Gasteiger partial charge < -0.3 is 10.6 Å². The lowest BCUT2D eigenvalue weighted by atomic mass is 9.90. The van der Waals surface area contributed by atoms with Crippen molar-refractivity contribution in [1.29, 1.82) is 0 Å². The number of hydrogen-bond acceptors (Lipinski definition) is 3. The summed E-state index contributed by atoms with van der Waals surface area (Å²) < 4.78 is 0. The summed E-state index contributed by atoms with van der Waals surface area (Å²) >= 11 is 0. The number of nitrogens with two attached hydrogens (primary N) is 1. The molecule has 2 saturated heterocycles. The third-order valence-electron chi connectivity index (χ3n) is 6.17. The highest BCUT2D eigenvalue weighted by Gasteiger charge is 2.34. The Morgan fingerprint density at radius 2 is 1.45 bits per heavy atom. The predicted molar refractivity (Wildman–Crippen MR) is 119 cm³/mol. The summed E-state index contributed by atoms with van der Waals surface area (Å²) in [7, 11) is 1.50. The van der Waals surface area contributed by atoms with E-state index in [1.54, 1.807) is 0 Å². The Morgan fingerprint density at radius 3 is 2.07 bits per heavy atom. The first-order chi connectivity index (χ1) is 14.3. The van der Waals surface area contributed by atoms with E-state index in [0.29, 0.717) is 11.8 Å². The minimum absolute atomic E-state index is 0.0795. The molecule has 2 aromatic rings. The second kappa shape index (κ2) is 11.1. The topological polar surface area (TPSA) is 49.6 Å². The van der Waals surface area contributed by atoms with Crippen molar-refractivity contribution < 1.29 is 4.79 Å². The van der Waals surface area contributed by atoms with E-state index >= 15 is 0 Å². The zero-order chi connectivity index (χ0) is 20.5. The van der Waals surface area contributed by atoms with Gasteiger partial charge >= 0.3 is 0 Å². The van der Waals surface area contributed by atoms with Crippen LogP contribution < -0.4 is 5.73 Å². The number of hydrogen-bond donors (Lipinski definition) is 1. The van der Waals surface area contributed by atoms with Crippen LogP contribution in [0.5, 0.6) is 0 Å². The van der Waals surface area contributed by atoms with E-state index in [0.717, 1.165) is 58.3 Å². The van der Waals surface area contributed by atoms with Crippen LogP contribution in [0.25, 0.3) is 0 Å². The van der Waals surface area contributed by atoms with E-state index in [-0.39, 0.29) is 6.04 Å². The van der Waals surface area contributed by atoms with Crippen LogP contribution in [-0.4, -0.2) is 48.4 Å². The molecule has 4 nitrogen and oxygen atoms in total. The standard InChI is InChI=1S/C24H30N2O.CH5N/c27-24(23-12-7-15-26(23)19-22-10-5-2-6-11-22)25-16-13-21(14-17-25)18-20-8-3-1-4-9-20;1-2/h1-6,8-11,21,23H,7,12-19H2;2H2,1H3/t23-;/m0./s1. The lowest BCUT2D eigenvalue weighted by Crippen LogP contribution is -2.48. The SMILES string of the molecule is CN.O=C([C@@H]1CCCN1Cc1ccccc1)N1CCC(Cc2ccccc2)CC1. The van der Waals surface area contributed by atoms with Crippen LogP contribution in [0, 0.1) is 5.92 Å². The molecule has 2 aliphatic rings. The first kappa shape index (κ1) is 21.5. The lowest BCUT2D eigenvalue weighted by molar-refractivity contribution is -0.137. The van der Waals surface area contributed by atoms with Gasteiger partial charge in [0.15, 0.2) is 0 Å². The molecule has 4 rings (SSSR count). The van der Waals surface area contributed by atoms with Crippen molar-refractivity contribution in [3.63, 3.8) is 0 Å². The molecular formula is C25H35N3O. The van der Waals surface area contributed by atoms with Crippen molar-refractivity contribution >= 4 is 5.91 Å². The summed E-state index contributed by atoms with van der Waals surface area (Å²) in [4.78, 5) is 17.7. The smallest absolute Gasteiger partial charge is 0.239 e. The maximum Gasteiger partial charge on any atom is 0.239 e. The molecule has 156 valence electrons. The molecule has 2 N–H and O–H groups in total. The van der Waals surface area contributed by atoms with Crippen LogP contribution in [0.1, 0.15) is 36.8 Å². The number of benzene rings is 2. The van der Waals surface area contributed by atoms with Crippen LogP contribution in [0.2, 0.25) is 0 Å². The first-order valence-corrected chi connectivity index (χ1v) is 11.0. The average Bonchev–Trinajstić information content (AvgIpc) is 3.25. The van der Waals surface area contributed by atoms with E-state index in [9.17, 15) is 4.79 Å². The first-order valence-electron chi connectivity index (χ1n) is 11.0. The number of likely N-dealkylation sites (tertiary alicyclic amines) is 2. The highest BCUT2D eigenvalue weighted by Crippen LogP contribution is 2.26. The van der Waals surface area contributed by atoms with Gasteiger partial charge in [-0.1, -0.05) is 60.7 Å². The fourth-order valence-electron chi connectivity index (χ4n) is 4.63. The molecule has 2 aliphatic heterocycles. The van der Waals surface area contributed by atoms with Gasteiger partial charge in [0.05, 0.1) is 6.04 Å². The lowest BCUT2D eigenvalue weighted by Gasteiger charge is -2.35. The number of piperidine rings is 1. The maximum atomic E-state index is 13.2. The van der Waals surface area contributed by atoms with Crippen LogP contribution in [-0.2, 0) is 17.8 Å². The molecule has 0 unspecified atom stereocenters. The molecule has 1 atom stereocenters. The number of amides is 1. The van der Waals surface area contributed by atoms with Crippen LogP contribution in [0.15, 0.2) is 60.7 Å². The highest BCUT2D eigenvalue weighted by atomic mass is 16.2. The summed E-state index contributed by atoms with van der Waals surface area (Å²) in [5.41, 5.74) is 7.23. The van der Waals surface area contributed by atoms with Crippen LogP contribution >= 0.6 is 0 Å². The van der Waals surface area contributed by atoms with Crippen molar-refractivity contribution in [2.24, 2.45) is 11.7 Å². The van der Waals surface area contributed by atoms with Gasteiger partial charge in [0.25, 0.3) is 0 Å². The second-order valence-corrected chi connectivity index (χ2v) is 8.07. The molecule has 0 saturated carbocycles. The Labute approximate surface area is 175 Å². The van der Waals surface area contributed by atoms with E-state index in [1.807, 2.05) is 0 Å². The Hall–Kier alpha value is -2.17. The van der Waals surface area contributed by atoms with E-state index < -0.39 is 0 Å². The van der Waals surface area contributed by atoms with E-state index in [4.69, 9.17) is 0 Å². The Morgan fingerprint density at radius 1 is 0.862 bits per heavy atom. The van der Waals surface area contributed by atoms with Crippen molar-refractivity contribution in [3.8, 4) is 0 Å². The zero-order valence-corrected chi connectivity index (χ0v) is 17.7. The zero-order valence-electron chi connectivity index (χ0n) is 17.7. The molecule has 0 aliphatic carbocycles. The Bertz CT molecular complexity index is 726. The van der Waals surface area contributed by atoms with Gasteiger partial charge in [-0.05, 0) is 62.7 Å². The van der Waals surface area contributed by atoms with Gasteiger partial charge in [-0.3, -0.25) is 9.69 Å². The van der Waals surface area contributed by atoms with Gasteiger partial charge in [0, 0.05) is 19.6 Å². The van der Waals surface area contributed by atoms with Gasteiger partial charge in [-0.15, -0.1) is 0 Å². The minimum atomic E-state index is 0.0795. The van der Waals surface area contributed by atoms with Crippen molar-refractivity contribution in [3.05, 3.63) is 71.8 Å². The summed E-state index contributed by atoms with van der Waals surface area (Å²) in [6.07, 6.45) is 5.55. The van der Waals surface area contributed by atoms with Gasteiger partial charge in [0.2, 0.25) is 5.91 Å². The average molecular weight is 394 g/mol. The van der Waals surface area contributed by atoms with E-state index in [1.165, 1.54) is 18.2 Å². The van der Waals surface area contributed by atoms with Crippen molar-refractivity contribution in [1.82, 2.24) is 9.80 Å². The van der Waals surface area contributed by atoms with Gasteiger partial charge in [-0.2, -0.15) is 0 Å². The normalized spacial score (nSPS) is 20.2. The fraction of sp³-hybridized carbons (Fsp3) is 0.480. The fourth-order valence-corrected chi connectivity index (χ4v) is 4.63. The highest BCUT2D eigenvalue weighted by molar-refractivity contribution is 5.82. The Kier molecular flexibility index (Phi) is 8.26. The summed E-state index contributed by atoms with van der Waals surface area (Å²) in [5, 5.41) is 0. The predicted octanol–water partition coefficient (Wildman–Crippen LogP) is 3.71. The molecule has 0 aromatic heterocycles. The maximum absolute atomic E-state index is 13.2. The molecule has 4 heteroatoms. The van der Waals surface area contributed by atoms with E-state index in [2.05, 4.69) is 76.2 Å². The molecule has 2 heterocycles. The monoisotopic (exact) mass is 393 g/mol. The molecule has 2 aromatic carbocycles. The third kappa shape index (κ3) is 5.91. The summed E-state index contributed by atoms with van der Waals surface area (Å²) in [5.74, 6) is 1.07. The number of carbonyl (C=O) groups is 1.